The van der Waals surface area contributed by atoms with Crippen LogP contribution in [0.15, 0.2) is 0 Å². The number of rotatable bonds is 3. The highest BCUT2D eigenvalue weighted by Crippen LogP contribution is 2.34. The van der Waals surface area contributed by atoms with Crippen LogP contribution in [0.25, 0.3) is 0 Å². The zero-order valence-corrected chi connectivity index (χ0v) is 12.9. The molecule has 5 nitrogen and oxygen atoms in total. The van der Waals surface area contributed by atoms with Gasteiger partial charge in [0.15, 0.2) is 0 Å². The van der Waals surface area contributed by atoms with E-state index >= 15 is 0 Å². The van der Waals surface area contributed by atoms with Crippen molar-refractivity contribution < 1.29 is 22.8 Å². The Hall–Kier alpha value is -1.31. The first-order valence-electron chi connectivity index (χ1n) is 8.23. The van der Waals surface area contributed by atoms with Gasteiger partial charge >= 0.3 is 6.18 Å². The summed E-state index contributed by atoms with van der Waals surface area (Å²) in [5, 5.41) is 6.03. The van der Waals surface area contributed by atoms with E-state index < -0.39 is 24.7 Å². The van der Waals surface area contributed by atoms with Crippen LogP contribution in [0.4, 0.5) is 13.2 Å². The van der Waals surface area contributed by atoms with Crippen molar-refractivity contribution in [3.8, 4) is 0 Å². The average molecular weight is 333 g/mol. The van der Waals surface area contributed by atoms with Gasteiger partial charge in [0.25, 0.3) is 0 Å². The van der Waals surface area contributed by atoms with Crippen molar-refractivity contribution in [1.82, 2.24) is 15.5 Å². The van der Waals surface area contributed by atoms with E-state index in [4.69, 9.17) is 0 Å². The Labute approximate surface area is 133 Å². The molecule has 0 aromatic rings. The Morgan fingerprint density at radius 2 is 2.09 bits per heavy atom. The zero-order valence-electron chi connectivity index (χ0n) is 12.9. The number of hydrogen-bond donors (Lipinski definition) is 2. The van der Waals surface area contributed by atoms with Gasteiger partial charge in [-0.15, -0.1) is 0 Å². The number of alkyl halides is 3. The fourth-order valence-electron chi connectivity index (χ4n) is 4.02. The predicted molar refractivity (Wildman–Crippen MR) is 76.4 cm³/mol. The molecule has 4 rings (SSSR count). The minimum atomic E-state index is -4.41. The number of amides is 2. The lowest BCUT2D eigenvalue weighted by Crippen LogP contribution is -2.59. The molecule has 2 amide bonds. The van der Waals surface area contributed by atoms with Crippen LogP contribution in [0.2, 0.25) is 0 Å². The minimum Gasteiger partial charge on any atom is -0.344 e. The van der Waals surface area contributed by atoms with Crippen molar-refractivity contribution in [1.29, 1.82) is 0 Å². The lowest BCUT2D eigenvalue weighted by molar-refractivity contribution is -0.165. The fourth-order valence-corrected chi connectivity index (χ4v) is 4.02. The van der Waals surface area contributed by atoms with E-state index in [1.165, 1.54) is 0 Å². The molecule has 130 valence electrons. The number of fused-ring (bicyclic) bond motifs is 3. The van der Waals surface area contributed by atoms with Crippen LogP contribution in [-0.2, 0) is 9.59 Å². The summed E-state index contributed by atoms with van der Waals surface area (Å²) in [5.41, 5.74) is 0. The lowest BCUT2D eigenvalue weighted by atomic mass is 9.73. The van der Waals surface area contributed by atoms with Crippen LogP contribution < -0.4 is 10.6 Å². The van der Waals surface area contributed by atoms with E-state index in [0.29, 0.717) is 18.8 Å². The zero-order chi connectivity index (χ0) is 16.6. The van der Waals surface area contributed by atoms with Gasteiger partial charge in [-0.25, -0.2) is 0 Å². The van der Waals surface area contributed by atoms with Gasteiger partial charge in [-0.1, -0.05) is 0 Å². The summed E-state index contributed by atoms with van der Waals surface area (Å²) in [7, 11) is 0. The van der Waals surface area contributed by atoms with E-state index in [2.05, 4.69) is 10.6 Å². The highest BCUT2D eigenvalue weighted by atomic mass is 19.4. The first kappa shape index (κ1) is 16.5. The summed E-state index contributed by atoms with van der Waals surface area (Å²) in [4.78, 5) is 25.4. The molecule has 2 N–H and O–H groups in total. The van der Waals surface area contributed by atoms with Gasteiger partial charge < -0.3 is 15.5 Å². The predicted octanol–water partition coefficient (Wildman–Crippen LogP) is 1.04. The van der Waals surface area contributed by atoms with Crippen LogP contribution in [-0.4, -0.2) is 54.6 Å². The first-order chi connectivity index (χ1) is 10.8. The van der Waals surface area contributed by atoms with Crippen LogP contribution in [0.1, 0.15) is 32.1 Å². The number of piperidine rings is 3. The number of likely N-dealkylation sites (tertiary alicyclic amines) is 1. The maximum Gasteiger partial charge on any atom is 0.406 e. The third-order valence-corrected chi connectivity index (χ3v) is 5.18. The molecule has 0 aromatic carbocycles. The molecule has 4 aliphatic rings. The van der Waals surface area contributed by atoms with Gasteiger partial charge in [0.05, 0.1) is 5.92 Å². The Morgan fingerprint density at radius 1 is 1.30 bits per heavy atom. The first-order valence-corrected chi connectivity index (χ1v) is 8.23. The minimum absolute atomic E-state index is 0.0976. The summed E-state index contributed by atoms with van der Waals surface area (Å²) in [6.45, 7) is -0.218. The number of halogens is 3. The Balaban J connectivity index is 1.58. The van der Waals surface area contributed by atoms with Crippen molar-refractivity contribution in [3.63, 3.8) is 0 Å². The van der Waals surface area contributed by atoms with Crippen molar-refractivity contribution in [2.75, 3.05) is 19.6 Å². The van der Waals surface area contributed by atoms with E-state index in [1.54, 1.807) is 0 Å². The van der Waals surface area contributed by atoms with Gasteiger partial charge in [-0.3, -0.25) is 9.59 Å². The summed E-state index contributed by atoms with van der Waals surface area (Å²) in [5.74, 6) is -0.497. The monoisotopic (exact) mass is 333 g/mol. The van der Waals surface area contributed by atoms with Gasteiger partial charge in [0.1, 0.15) is 12.6 Å². The quantitative estimate of drug-likeness (QED) is 0.811. The van der Waals surface area contributed by atoms with Gasteiger partial charge in [-0.2, -0.15) is 13.2 Å². The van der Waals surface area contributed by atoms with Crippen molar-refractivity contribution in [2.45, 2.75) is 50.4 Å². The van der Waals surface area contributed by atoms with E-state index in [-0.39, 0.29) is 24.4 Å². The van der Waals surface area contributed by atoms with Crippen molar-refractivity contribution >= 4 is 11.8 Å². The highest BCUT2D eigenvalue weighted by molar-refractivity contribution is 5.89. The SMILES string of the molecule is O=C(NC1CCCN(CC(F)(F)F)C1=O)C1CC2CCC1NC2. The third-order valence-electron chi connectivity index (χ3n) is 5.18. The molecule has 3 aliphatic heterocycles. The molecule has 3 heterocycles. The van der Waals surface area contributed by atoms with Gasteiger partial charge in [-0.05, 0) is 44.6 Å². The Morgan fingerprint density at radius 3 is 2.65 bits per heavy atom. The third kappa shape index (κ3) is 3.79. The Kier molecular flexibility index (Phi) is 4.53. The second kappa shape index (κ2) is 6.30. The van der Waals surface area contributed by atoms with Crippen LogP contribution >= 0.6 is 0 Å². The maximum absolute atomic E-state index is 12.5. The van der Waals surface area contributed by atoms with E-state index in [0.717, 1.165) is 30.7 Å². The molecular weight excluding hydrogens is 311 g/mol. The molecule has 8 heteroatoms. The summed E-state index contributed by atoms with van der Waals surface area (Å²) in [6, 6.07) is -0.691. The van der Waals surface area contributed by atoms with Crippen LogP contribution in [0.5, 0.6) is 0 Å². The summed E-state index contributed by atoms with van der Waals surface area (Å²) < 4.78 is 37.5. The van der Waals surface area contributed by atoms with Gasteiger partial charge in [0, 0.05) is 12.6 Å². The largest absolute Gasteiger partial charge is 0.406 e. The molecule has 0 radical (unpaired) electrons. The molecule has 1 saturated carbocycles. The number of hydrogen-bond acceptors (Lipinski definition) is 3. The molecule has 3 saturated heterocycles. The molecular formula is C15H22F3N3O2. The van der Waals surface area contributed by atoms with E-state index in [9.17, 15) is 22.8 Å². The molecule has 23 heavy (non-hydrogen) atoms. The normalized spacial score (nSPS) is 34.6. The highest BCUT2D eigenvalue weighted by Gasteiger charge is 2.42. The average Bonchev–Trinajstić information content (AvgIpc) is 2.51. The van der Waals surface area contributed by atoms with E-state index in [1.807, 2.05) is 0 Å². The number of nitrogens with one attached hydrogen (secondary N) is 2. The number of carbonyl (C=O) groups is 2. The summed E-state index contributed by atoms with van der Waals surface area (Å²) in [6.07, 6.45) is -0.662. The van der Waals surface area contributed by atoms with Crippen molar-refractivity contribution in [2.24, 2.45) is 11.8 Å². The molecule has 0 spiro atoms. The standard InChI is InChI=1S/C15H22F3N3O2/c16-15(17,18)8-21-5-1-2-12(14(21)23)20-13(22)10-6-9-3-4-11(10)19-7-9/h9-12,19H,1-8H2,(H,20,22). The van der Waals surface area contributed by atoms with Gasteiger partial charge in [0.2, 0.25) is 11.8 Å². The lowest BCUT2D eigenvalue weighted by Gasteiger charge is -2.43. The van der Waals surface area contributed by atoms with Crippen LogP contribution in [0.3, 0.4) is 0 Å². The second-order valence-corrected chi connectivity index (χ2v) is 6.88. The molecule has 4 atom stereocenters. The molecule has 4 fully saturated rings. The number of nitrogens with zero attached hydrogens (tertiary/aromatic N) is 1. The number of carbonyl (C=O) groups excluding carboxylic acids is 2. The maximum atomic E-state index is 12.5. The smallest absolute Gasteiger partial charge is 0.344 e. The summed E-state index contributed by atoms with van der Waals surface area (Å²) >= 11 is 0. The Bertz CT molecular complexity index is 475. The molecule has 0 aromatic heterocycles. The molecule has 1 aliphatic carbocycles. The topological polar surface area (TPSA) is 61.4 Å². The van der Waals surface area contributed by atoms with Crippen LogP contribution in [0, 0.1) is 11.8 Å². The molecule has 2 bridgehead atoms. The second-order valence-electron chi connectivity index (χ2n) is 6.88. The fraction of sp³-hybridized carbons (Fsp3) is 0.867. The molecule has 4 unspecified atom stereocenters. The van der Waals surface area contributed by atoms with Crippen molar-refractivity contribution in [3.05, 3.63) is 0 Å².